The fourth-order valence-corrected chi connectivity index (χ4v) is 3.30. The van der Waals surface area contributed by atoms with Crippen LogP contribution in [0.2, 0.25) is 0 Å². The highest BCUT2D eigenvalue weighted by Crippen LogP contribution is 2.21. The summed E-state index contributed by atoms with van der Waals surface area (Å²) >= 11 is 0. The first-order chi connectivity index (χ1) is 12.9. The number of nitrogens with one attached hydrogen (secondary N) is 2. The largest absolute Gasteiger partial charge is 0.379 e. The second kappa shape index (κ2) is 10.5. The maximum Gasteiger partial charge on any atom is 0.191 e. The number of guanidine groups is 1. The minimum absolute atomic E-state index is 0.0769. The van der Waals surface area contributed by atoms with E-state index in [1.54, 1.807) is 7.11 Å². The van der Waals surface area contributed by atoms with Crippen LogP contribution in [0.15, 0.2) is 23.3 Å². The van der Waals surface area contributed by atoms with Crippen LogP contribution >= 0.6 is 0 Å². The van der Waals surface area contributed by atoms with Gasteiger partial charge in [0, 0.05) is 39.5 Å². The van der Waals surface area contributed by atoms with Gasteiger partial charge in [-0.25, -0.2) is 9.98 Å². The fraction of sp³-hybridized carbons (Fsp3) is 0.714. The maximum atomic E-state index is 5.63. The number of piperidine rings is 1. The molecule has 2 rings (SSSR count). The highest BCUT2D eigenvalue weighted by molar-refractivity contribution is 5.79. The van der Waals surface area contributed by atoms with Crippen LogP contribution in [-0.4, -0.2) is 50.3 Å². The lowest BCUT2D eigenvalue weighted by Crippen LogP contribution is -2.45. The third-order valence-corrected chi connectivity index (χ3v) is 4.96. The minimum atomic E-state index is 0.0769. The van der Waals surface area contributed by atoms with Crippen LogP contribution in [0.3, 0.4) is 0 Å². The number of pyridine rings is 1. The van der Waals surface area contributed by atoms with Crippen molar-refractivity contribution in [2.45, 2.75) is 59.6 Å². The predicted molar refractivity (Wildman–Crippen MR) is 113 cm³/mol. The molecule has 1 aliphatic heterocycles. The van der Waals surface area contributed by atoms with Gasteiger partial charge in [0.2, 0.25) is 0 Å². The smallest absolute Gasteiger partial charge is 0.191 e. The number of ether oxygens (including phenoxy) is 1. The summed E-state index contributed by atoms with van der Waals surface area (Å²) in [7, 11) is 1.76. The lowest BCUT2D eigenvalue weighted by atomic mass is 9.89. The molecular formula is C21H37N5O. The molecule has 0 saturated carbocycles. The number of aromatic nitrogens is 1. The van der Waals surface area contributed by atoms with Crippen LogP contribution in [0.25, 0.3) is 0 Å². The van der Waals surface area contributed by atoms with E-state index in [2.05, 4.69) is 54.3 Å². The number of hydrogen-bond acceptors (Lipinski definition) is 4. The average molecular weight is 376 g/mol. The van der Waals surface area contributed by atoms with E-state index in [0.717, 1.165) is 38.0 Å². The van der Waals surface area contributed by atoms with Gasteiger partial charge in [-0.15, -0.1) is 0 Å². The molecule has 1 saturated heterocycles. The zero-order valence-corrected chi connectivity index (χ0v) is 17.7. The van der Waals surface area contributed by atoms with Gasteiger partial charge in [-0.2, -0.15) is 0 Å². The van der Waals surface area contributed by atoms with Gasteiger partial charge in [-0.05, 0) is 49.3 Å². The summed E-state index contributed by atoms with van der Waals surface area (Å²) in [6, 6.07) is 4.22. The first kappa shape index (κ1) is 21.5. The van der Waals surface area contributed by atoms with Gasteiger partial charge in [0.25, 0.3) is 0 Å². The van der Waals surface area contributed by atoms with Gasteiger partial charge in [0.05, 0.1) is 12.6 Å². The fourth-order valence-electron chi connectivity index (χ4n) is 3.30. The van der Waals surface area contributed by atoms with E-state index in [1.807, 2.05) is 12.3 Å². The molecule has 2 N–H and O–H groups in total. The summed E-state index contributed by atoms with van der Waals surface area (Å²) in [6.07, 6.45) is 5.86. The van der Waals surface area contributed by atoms with Gasteiger partial charge >= 0.3 is 0 Å². The zero-order chi connectivity index (χ0) is 19.7. The maximum absolute atomic E-state index is 5.63. The first-order valence-corrected chi connectivity index (χ1v) is 10.2. The van der Waals surface area contributed by atoms with Gasteiger partial charge in [0.15, 0.2) is 5.96 Å². The van der Waals surface area contributed by atoms with Crippen molar-refractivity contribution < 1.29 is 4.74 Å². The number of hydrogen-bond donors (Lipinski definition) is 2. The molecule has 1 atom stereocenters. The number of aliphatic imine (C=N–C) groups is 1. The molecule has 2 heterocycles. The Morgan fingerprint density at radius 1 is 1.26 bits per heavy atom. The van der Waals surface area contributed by atoms with Crippen LogP contribution in [0.4, 0.5) is 5.82 Å². The highest BCUT2D eigenvalue weighted by Gasteiger charge is 2.24. The third-order valence-electron chi connectivity index (χ3n) is 4.96. The molecule has 0 radical (unpaired) electrons. The summed E-state index contributed by atoms with van der Waals surface area (Å²) in [5, 5.41) is 6.73. The molecule has 1 aliphatic rings. The summed E-state index contributed by atoms with van der Waals surface area (Å²) in [5.74, 6) is 1.90. The first-order valence-electron chi connectivity index (χ1n) is 10.2. The number of anilines is 1. The number of methoxy groups -OCH3 is 1. The van der Waals surface area contributed by atoms with Gasteiger partial charge in [0.1, 0.15) is 5.82 Å². The molecule has 27 heavy (non-hydrogen) atoms. The summed E-state index contributed by atoms with van der Waals surface area (Å²) in [5.41, 5.74) is 1.26. The molecular weight excluding hydrogens is 338 g/mol. The highest BCUT2D eigenvalue weighted by atomic mass is 16.5. The van der Waals surface area contributed by atoms with Crippen molar-refractivity contribution in [3.05, 3.63) is 23.9 Å². The number of rotatable bonds is 7. The van der Waals surface area contributed by atoms with E-state index in [0.29, 0.717) is 6.54 Å². The van der Waals surface area contributed by atoms with Crippen molar-refractivity contribution in [3.63, 3.8) is 0 Å². The SMILES string of the molecule is CCNC(=NCc1ccnc(N2CCCCC2)c1)NCC(OC)C(C)(C)C. The molecule has 1 unspecified atom stereocenters. The van der Waals surface area contributed by atoms with Crippen LogP contribution in [0, 0.1) is 5.41 Å². The second-order valence-electron chi connectivity index (χ2n) is 8.24. The van der Waals surface area contributed by atoms with E-state index >= 15 is 0 Å². The molecule has 1 aromatic heterocycles. The molecule has 1 aromatic rings. The van der Waals surface area contributed by atoms with Crippen LogP contribution < -0.4 is 15.5 Å². The Bertz CT molecular complexity index is 590. The van der Waals surface area contributed by atoms with Gasteiger partial charge < -0.3 is 20.3 Å². The molecule has 6 nitrogen and oxygen atoms in total. The molecule has 152 valence electrons. The monoisotopic (exact) mass is 375 g/mol. The Hall–Kier alpha value is -1.82. The van der Waals surface area contributed by atoms with Gasteiger partial charge in [-0.1, -0.05) is 20.8 Å². The lowest BCUT2D eigenvalue weighted by Gasteiger charge is -2.30. The molecule has 0 bridgehead atoms. The van der Waals surface area contributed by atoms with Gasteiger partial charge in [-0.3, -0.25) is 0 Å². The van der Waals surface area contributed by atoms with Crippen molar-refractivity contribution in [2.75, 3.05) is 38.2 Å². The Balaban J connectivity index is 1.99. The number of nitrogens with zero attached hydrogens (tertiary/aromatic N) is 3. The average Bonchev–Trinajstić information content (AvgIpc) is 2.66. The molecule has 0 aromatic carbocycles. The summed E-state index contributed by atoms with van der Waals surface area (Å²) in [6.45, 7) is 13.0. The van der Waals surface area contributed by atoms with Crippen molar-refractivity contribution >= 4 is 11.8 Å². The van der Waals surface area contributed by atoms with E-state index in [4.69, 9.17) is 9.73 Å². The third kappa shape index (κ3) is 7.01. The Morgan fingerprint density at radius 2 is 2.00 bits per heavy atom. The lowest BCUT2D eigenvalue weighted by molar-refractivity contribution is 0.0205. The molecule has 0 spiro atoms. The molecule has 1 fully saturated rings. The quantitative estimate of drug-likeness (QED) is 0.566. The molecule has 0 aliphatic carbocycles. The topological polar surface area (TPSA) is 61.8 Å². The minimum Gasteiger partial charge on any atom is -0.379 e. The van der Waals surface area contributed by atoms with E-state index in [1.165, 1.54) is 24.8 Å². The van der Waals surface area contributed by atoms with Crippen LogP contribution in [0.5, 0.6) is 0 Å². The zero-order valence-electron chi connectivity index (χ0n) is 17.7. The van der Waals surface area contributed by atoms with Crippen molar-refractivity contribution in [1.29, 1.82) is 0 Å². The summed E-state index contributed by atoms with van der Waals surface area (Å²) in [4.78, 5) is 11.7. The van der Waals surface area contributed by atoms with E-state index in [-0.39, 0.29) is 11.5 Å². The Morgan fingerprint density at radius 3 is 2.63 bits per heavy atom. The van der Waals surface area contributed by atoms with Crippen molar-refractivity contribution in [1.82, 2.24) is 15.6 Å². The Kier molecular flexibility index (Phi) is 8.35. The predicted octanol–water partition coefficient (Wildman–Crippen LogP) is 3.19. The standard InChI is InChI=1S/C21H37N5O/c1-6-22-20(25-16-18(27-5)21(2,3)4)24-15-17-10-11-23-19(14-17)26-12-8-7-9-13-26/h10-11,14,18H,6-9,12-13,15-16H2,1-5H3,(H2,22,24,25). The second-order valence-corrected chi connectivity index (χ2v) is 8.24. The molecule has 0 amide bonds. The normalized spacial score (nSPS) is 16.9. The Labute approximate surface area is 164 Å². The van der Waals surface area contributed by atoms with Crippen molar-refractivity contribution in [2.24, 2.45) is 10.4 Å². The van der Waals surface area contributed by atoms with Crippen molar-refractivity contribution in [3.8, 4) is 0 Å². The summed E-state index contributed by atoms with van der Waals surface area (Å²) < 4.78 is 5.63. The van der Waals surface area contributed by atoms with Crippen LogP contribution in [0.1, 0.15) is 52.5 Å². The molecule has 6 heteroatoms. The van der Waals surface area contributed by atoms with E-state index in [9.17, 15) is 0 Å². The van der Waals surface area contributed by atoms with E-state index < -0.39 is 0 Å². The van der Waals surface area contributed by atoms with Crippen LogP contribution in [-0.2, 0) is 11.3 Å².